The van der Waals surface area contributed by atoms with Crippen molar-refractivity contribution >= 4 is 5.97 Å². The van der Waals surface area contributed by atoms with Gasteiger partial charge >= 0.3 is 5.97 Å². The summed E-state index contributed by atoms with van der Waals surface area (Å²) in [6.45, 7) is 3.69. The number of rotatable bonds is 2. The summed E-state index contributed by atoms with van der Waals surface area (Å²) in [7, 11) is 0. The molecule has 1 aliphatic carbocycles. The molecule has 1 N–H and O–H groups in total. The number of aliphatic hydroxyl groups is 1. The first kappa shape index (κ1) is 10.5. The third-order valence-electron chi connectivity index (χ3n) is 2.33. The zero-order valence-electron chi connectivity index (χ0n) is 8.32. The SMILES string of the molecule is CC(C)OC(=O)[C@@H]1CCC[C@H](O)C1. The molecule has 0 aromatic rings. The van der Waals surface area contributed by atoms with E-state index in [0.29, 0.717) is 6.42 Å². The molecule has 0 heterocycles. The van der Waals surface area contributed by atoms with Crippen LogP contribution in [0.1, 0.15) is 39.5 Å². The molecular formula is C10H18O3. The van der Waals surface area contributed by atoms with Crippen molar-refractivity contribution in [1.29, 1.82) is 0 Å². The molecule has 0 amide bonds. The minimum Gasteiger partial charge on any atom is -0.463 e. The fraction of sp³-hybridized carbons (Fsp3) is 0.900. The maximum Gasteiger partial charge on any atom is 0.309 e. The van der Waals surface area contributed by atoms with Crippen LogP contribution in [0.25, 0.3) is 0 Å². The monoisotopic (exact) mass is 186 g/mol. The largest absolute Gasteiger partial charge is 0.463 e. The van der Waals surface area contributed by atoms with Crippen molar-refractivity contribution in [3.8, 4) is 0 Å². The molecule has 0 aliphatic heterocycles. The van der Waals surface area contributed by atoms with Crippen LogP contribution in [-0.4, -0.2) is 23.3 Å². The van der Waals surface area contributed by atoms with E-state index in [9.17, 15) is 9.90 Å². The predicted octanol–water partition coefficient (Wildman–Crippen LogP) is 1.49. The van der Waals surface area contributed by atoms with Crippen molar-refractivity contribution in [3.05, 3.63) is 0 Å². The first-order valence-electron chi connectivity index (χ1n) is 4.98. The van der Waals surface area contributed by atoms with Gasteiger partial charge in [-0.15, -0.1) is 0 Å². The Labute approximate surface area is 79.1 Å². The van der Waals surface area contributed by atoms with Gasteiger partial charge in [-0.2, -0.15) is 0 Å². The molecule has 13 heavy (non-hydrogen) atoms. The topological polar surface area (TPSA) is 46.5 Å². The minimum absolute atomic E-state index is 0.0495. The van der Waals surface area contributed by atoms with Gasteiger partial charge in [0.2, 0.25) is 0 Å². The lowest BCUT2D eigenvalue weighted by atomic mass is 9.87. The second-order valence-electron chi connectivity index (χ2n) is 4.00. The number of hydrogen-bond acceptors (Lipinski definition) is 3. The Kier molecular flexibility index (Phi) is 3.72. The average molecular weight is 186 g/mol. The molecule has 0 spiro atoms. The van der Waals surface area contributed by atoms with Gasteiger partial charge < -0.3 is 9.84 Å². The van der Waals surface area contributed by atoms with Crippen LogP contribution < -0.4 is 0 Å². The van der Waals surface area contributed by atoms with Crippen LogP contribution in [-0.2, 0) is 9.53 Å². The number of carbonyl (C=O) groups is 1. The molecule has 0 bridgehead atoms. The Morgan fingerprint density at radius 1 is 1.46 bits per heavy atom. The molecule has 1 aliphatic rings. The van der Waals surface area contributed by atoms with Crippen molar-refractivity contribution in [2.24, 2.45) is 5.92 Å². The van der Waals surface area contributed by atoms with Crippen molar-refractivity contribution < 1.29 is 14.6 Å². The highest BCUT2D eigenvalue weighted by molar-refractivity contribution is 5.72. The van der Waals surface area contributed by atoms with Crippen molar-refractivity contribution in [2.45, 2.75) is 51.7 Å². The summed E-state index contributed by atoms with van der Waals surface area (Å²) in [4.78, 5) is 11.4. The number of esters is 1. The number of hydrogen-bond donors (Lipinski definition) is 1. The van der Waals surface area contributed by atoms with Gasteiger partial charge in [0, 0.05) is 0 Å². The van der Waals surface area contributed by atoms with Crippen LogP contribution in [0.5, 0.6) is 0 Å². The lowest BCUT2D eigenvalue weighted by Crippen LogP contribution is -2.28. The minimum atomic E-state index is -0.307. The fourth-order valence-corrected chi connectivity index (χ4v) is 1.71. The maximum atomic E-state index is 11.4. The quantitative estimate of drug-likeness (QED) is 0.664. The Hall–Kier alpha value is -0.570. The maximum absolute atomic E-state index is 11.4. The van der Waals surface area contributed by atoms with Gasteiger partial charge in [-0.1, -0.05) is 6.42 Å². The summed E-state index contributed by atoms with van der Waals surface area (Å²) in [5, 5.41) is 9.35. The van der Waals surface area contributed by atoms with E-state index >= 15 is 0 Å². The van der Waals surface area contributed by atoms with E-state index in [2.05, 4.69) is 0 Å². The molecule has 76 valence electrons. The molecule has 0 aromatic carbocycles. The van der Waals surface area contributed by atoms with Gasteiger partial charge in [0.15, 0.2) is 0 Å². The van der Waals surface area contributed by atoms with E-state index in [1.54, 1.807) is 0 Å². The van der Waals surface area contributed by atoms with Crippen molar-refractivity contribution in [3.63, 3.8) is 0 Å². The number of carbonyl (C=O) groups excluding carboxylic acids is 1. The Balaban J connectivity index is 2.37. The van der Waals surface area contributed by atoms with Crippen LogP contribution in [0, 0.1) is 5.92 Å². The zero-order chi connectivity index (χ0) is 9.84. The highest BCUT2D eigenvalue weighted by atomic mass is 16.5. The third-order valence-corrected chi connectivity index (χ3v) is 2.33. The van der Waals surface area contributed by atoms with E-state index < -0.39 is 0 Å². The molecule has 1 saturated carbocycles. The summed E-state index contributed by atoms with van der Waals surface area (Å²) in [6.07, 6.45) is 2.84. The Morgan fingerprint density at radius 3 is 2.69 bits per heavy atom. The first-order valence-corrected chi connectivity index (χ1v) is 4.98. The molecule has 2 atom stereocenters. The van der Waals surface area contributed by atoms with Crippen LogP contribution in [0.4, 0.5) is 0 Å². The fourth-order valence-electron chi connectivity index (χ4n) is 1.71. The zero-order valence-corrected chi connectivity index (χ0v) is 8.32. The van der Waals surface area contributed by atoms with Gasteiger partial charge in [0.05, 0.1) is 18.1 Å². The van der Waals surface area contributed by atoms with Crippen LogP contribution in [0.2, 0.25) is 0 Å². The third kappa shape index (κ3) is 3.35. The van der Waals surface area contributed by atoms with Crippen LogP contribution in [0.3, 0.4) is 0 Å². The molecule has 3 nitrogen and oxygen atoms in total. The predicted molar refractivity (Wildman–Crippen MR) is 49.2 cm³/mol. The highest BCUT2D eigenvalue weighted by Crippen LogP contribution is 2.25. The van der Waals surface area contributed by atoms with Gasteiger partial charge in [-0.25, -0.2) is 0 Å². The Bertz CT molecular complexity index is 177. The molecule has 3 heteroatoms. The molecule has 0 saturated heterocycles. The average Bonchev–Trinajstić information content (AvgIpc) is 2.03. The van der Waals surface area contributed by atoms with E-state index in [0.717, 1.165) is 19.3 Å². The molecule has 0 radical (unpaired) electrons. The highest BCUT2D eigenvalue weighted by Gasteiger charge is 2.27. The Morgan fingerprint density at radius 2 is 2.15 bits per heavy atom. The van der Waals surface area contributed by atoms with E-state index in [1.165, 1.54) is 0 Å². The normalized spacial score (nSPS) is 28.9. The van der Waals surface area contributed by atoms with Gasteiger partial charge in [0.25, 0.3) is 0 Å². The second-order valence-corrected chi connectivity index (χ2v) is 4.00. The van der Waals surface area contributed by atoms with Gasteiger partial charge in [-0.3, -0.25) is 4.79 Å². The lowest BCUT2D eigenvalue weighted by molar-refractivity contribution is -0.154. The van der Waals surface area contributed by atoms with Gasteiger partial charge in [-0.05, 0) is 33.1 Å². The molecule has 0 unspecified atom stereocenters. The molecule has 1 rings (SSSR count). The molecular weight excluding hydrogens is 168 g/mol. The summed E-state index contributed by atoms with van der Waals surface area (Å²) < 4.78 is 5.09. The van der Waals surface area contributed by atoms with Crippen molar-refractivity contribution in [1.82, 2.24) is 0 Å². The standard InChI is InChI=1S/C10H18O3/c1-7(2)13-10(12)8-4-3-5-9(11)6-8/h7-9,11H,3-6H2,1-2H3/t8-,9+/m1/s1. The molecule has 0 aromatic heterocycles. The second kappa shape index (κ2) is 4.61. The summed E-state index contributed by atoms with van der Waals surface area (Å²) >= 11 is 0. The van der Waals surface area contributed by atoms with E-state index in [4.69, 9.17) is 4.74 Å². The summed E-state index contributed by atoms with van der Waals surface area (Å²) in [6, 6.07) is 0. The van der Waals surface area contributed by atoms with E-state index in [1.807, 2.05) is 13.8 Å². The number of ether oxygens (including phenoxy) is 1. The lowest BCUT2D eigenvalue weighted by Gasteiger charge is -2.24. The summed E-state index contributed by atoms with van der Waals surface area (Å²) in [5.74, 6) is -0.222. The van der Waals surface area contributed by atoms with Crippen LogP contribution >= 0.6 is 0 Å². The van der Waals surface area contributed by atoms with Crippen molar-refractivity contribution in [2.75, 3.05) is 0 Å². The molecule has 1 fully saturated rings. The smallest absolute Gasteiger partial charge is 0.309 e. The summed E-state index contributed by atoms with van der Waals surface area (Å²) in [5.41, 5.74) is 0. The number of aliphatic hydroxyl groups excluding tert-OH is 1. The van der Waals surface area contributed by atoms with E-state index in [-0.39, 0.29) is 24.1 Å². The van der Waals surface area contributed by atoms with Crippen LogP contribution in [0.15, 0.2) is 0 Å². The first-order chi connectivity index (χ1) is 6.09. The van der Waals surface area contributed by atoms with Gasteiger partial charge in [0.1, 0.15) is 0 Å².